The Bertz CT molecular complexity index is 526. The number of anilines is 1. The lowest BCUT2D eigenvalue weighted by Crippen LogP contribution is -2.06. The molecule has 2 aromatic rings. The molecule has 18 heavy (non-hydrogen) atoms. The molecule has 0 bridgehead atoms. The van der Waals surface area contributed by atoms with E-state index in [0.717, 1.165) is 13.0 Å². The van der Waals surface area contributed by atoms with E-state index >= 15 is 0 Å². The van der Waals surface area contributed by atoms with Crippen LogP contribution in [-0.2, 0) is 13.0 Å². The van der Waals surface area contributed by atoms with Gasteiger partial charge in [0.15, 0.2) is 0 Å². The molecule has 3 rings (SSSR count). The molecule has 3 nitrogen and oxygen atoms in total. The average Bonchev–Trinajstić information content (AvgIpc) is 3.15. The summed E-state index contributed by atoms with van der Waals surface area (Å²) < 4.78 is 2.30. The summed E-state index contributed by atoms with van der Waals surface area (Å²) in [6.07, 6.45) is 7.60. The molecule has 0 spiro atoms. The maximum atomic E-state index is 4.25. The smallest absolute Gasteiger partial charge is 0.0951 e. The van der Waals surface area contributed by atoms with Crippen LogP contribution in [0, 0.1) is 0 Å². The zero-order valence-electron chi connectivity index (χ0n) is 10.8. The highest BCUT2D eigenvalue weighted by Crippen LogP contribution is 2.35. The van der Waals surface area contributed by atoms with Crippen LogP contribution in [0.3, 0.4) is 0 Å². The fourth-order valence-electron chi connectivity index (χ4n) is 2.24. The average molecular weight is 241 g/mol. The largest absolute Gasteiger partial charge is 0.379 e. The summed E-state index contributed by atoms with van der Waals surface area (Å²) in [7, 11) is 0. The number of rotatable bonds is 5. The summed E-state index contributed by atoms with van der Waals surface area (Å²) in [6.45, 7) is 3.03. The van der Waals surface area contributed by atoms with E-state index in [-0.39, 0.29) is 0 Å². The Labute approximate surface area is 108 Å². The molecule has 0 aliphatic heterocycles. The van der Waals surface area contributed by atoms with Crippen molar-refractivity contribution in [1.82, 2.24) is 9.55 Å². The standard InChI is InChI=1S/C15H19N3/c1-2-12-4-3-5-13(8-12)17-10-15-9-16-11-18(15)14-6-7-14/h3-5,8-9,11,14,17H,2,6-7,10H2,1H3. The van der Waals surface area contributed by atoms with Gasteiger partial charge in [0.2, 0.25) is 0 Å². The highest BCUT2D eigenvalue weighted by atomic mass is 15.1. The van der Waals surface area contributed by atoms with Crippen LogP contribution in [0.25, 0.3) is 0 Å². The summed E-state index contributed by atoms with van der Waals surface area (Å²) in [6, 6.07) is 9.32. The Morgan fingerprint density at radius 1 is 1.39 bits per heavy atom. The van der Waals surface area contributed by atoms with Gasteiger partial charge in [0.1, 0.15) is 0 Å². The van der Waals surface area contributed by atoms with E-state index in [1.54, 1.807) is 0 Å². The Hall–Kier alpha value is -1.77. The lowest BCUT2D eigenvalue weighted by Gasteiger charge is -2.10. The summed E-state index contributed by atoms with van der Waals surface area (Å²) in [5, 5.41) is 3.48. The van der Waals surface area contributed by atoms with E-state index in [1.165, 1.54) is 29.8 Å². The van der Waals surface area contributed by atoms with Gasteiger partial charge in [0, 0.05) is 17.9 Å². The van der Waals surface area contributed by atoms with E-state index < -0.39 is 0 Å². The van der Waals surface area contributed by atoms with Crippen LogP contribution in [0.1, 0.15) is 37.1 Å². The molecular formula is C15H19N3. The maximum Gasteiger partial charge on any atom is 0.0951 e. The van der Waals surface area contributed by atoms with E-state index in [2.05, 4.69) is 46.1 Å². The molecule has 1 saturated carbocycles. The monoisotopic (exact) mass is 241 g/mol. The third-order valence-corrected chi connectivity index (χ3v) is 3.50. The first kappa shape index (κ1) is 11.3. The number of nitrogens with zero attached hydrogens (tertiary/aromatic N) is 2. The van der Waals surface area contributed by atoms with Gasteiger partial charge in [-0.1, -0.05) is 19.1 Å². The summed E-state index contributed by atoms with van der Waals surface area (Å²) in [5.74, 6) is 0. The number of aryl methyl sites for hydroxylation is 1. The van der Waals surface area contributed by atoms with Crippen molar-refractivity contribution in [1.29, 1.82) is 0 Å². The molecule has 0 unspecified atom stereocenters. The van der Waals surface area contributed by atoms with Crippen LogP contribution in [0.5, 0.6) is 0 Å². The molecule has 1 aromatic carbocycles. The zero-order valence-corrected chi connectivity index (χ0v) is 10.8. The van der Waals surface area contributed by atoms with Crippen molar-refractivity contribution in [3.05, 3.63) is 48.0 Å². The highest BCUT2D eigenvalue weighted by Gasteiger charge is 2.24. The zero-order chi connectivity index (χ0) is 12.4. The van der Waals surface area contributed by atoms with Gasteiger partial charge in [-0.25, -0.2) is 4.98 Å². The third kappa shape index (κ3) is 2.40. The lowest BCUT2D eigenvalue weighted by molar-refractivity contribution is 0.701. The van der Waals surface area contributed by atoms with Crippen molar-refractivity contribution in [2.24, 2.45) is 0 Å². The first-order valence-electron chi connectivity index (χ1n) is 6.70. The van der Waals surface area contributed by atoms with Crippen molar-refractivity contribution >= 4 is 5.69 Å². The Balaban J connectivity index is 1.67. The Morgan fingerprint density at radius 3 is 3.06 bits per heavy atom. The first-order valence-corrected chi connectivity index (χ1v) is 6.70. The summed E-state index contributed by atoms with van der Waals surface area (Å²) >= 11 is 0. The van der Waals surface area contributed by atoms with Crippen molar-refractivity contribution in [3.63, 3.8) is 0 Å². The van der Waals surface area contributed by atoms with Gasteiger partial charge in [0.25, 0.3) is 0 Å². The van der Waals surface area contributed by atoms with Gasteiger partial charge in [0.05, 0.1) is 18.6 Å². The van der Waals surface area contributed by atoms with Crippen molar-refractivity contribution < 1.29 is 0 Å². The number of hydrogen-bond donors (Lipinski definition) is 1. The molecule has 0 atom stereocenters. The fraction of sp³-hybridized carbons (Fsp3) is 0.400. The molecule has 0 radical (unpaired) electrons. The van der Waals surface area contributed by atoms with Crippen molar-refractivity contribution in [3.8, 4) is 0 Å². The van der Waals surface area contributed by atoms with Crippen LogP contribution in [0.15, 0.2) is 36.8 Å². The second-order valence-corrected chi connectivity index (χ2v) is 4.93. The van der Waals surface area contributed by atoms with Gasteiger partial charge in [-0.2, -0.15) is 0 Å². The number of benzene rings is 1. The predicted octanol–water partition coefficient (Wildman–Crippen LogP) is 3.39. The number of hydrogen-bond acceptors (Lipinski definition) is 2. The third-order valence-electron chi connectivity index (χ3n) is 3.50. The number of aromatic nitrogens is 2. The minimum Gasteiger partial charge on any atom is -0.379 e. The topological polar surface area (TPSA) is 29.9 Å². The highest BCUT2D eigenvalue weighted by molar-refractivity contribution is 5.45. The van der Waals surface area contributed by atoms with E-state index in [1.807, 2.05) is 12.5 Å². The van der Waals surface area contributed by atoms with Crippen molar-refractivity contribution in [2.45, 2.75) is 38.8 Å². The summed E-state index contributed by atoms with van der Waals surface area (Å²) in [4.78, 5) is 4.25. The van der Waals surface area contributed by atoms with Gasteiger partial charge in [-0.05, 0) is 37.0 Å². The predicted molar refractivity (Wildman–Crippen MR) is 73.6 cm³/mol. The quantitative estimate of drug-likeness (QED) is 0.869. The first-order chi connectivity index (χ1) is 8.86. The maximum absolute atomic E-state index is 4.25. The Morgan fingerprint density at radius 2 is 2.28 bits per heavy atom. The van der Waals surface area contributed by atoms with Gasteiger partial charge < -0.3 is 9.88 Å². The van der Waals surface area contributed by atoms with E-state index in [0.29, 0.717) is 6.04 Å². The molecule has 0 amide bonds. The number of nitrogens with one attached hydrogen (secondary N) is 1. The van der Waals surface area contributed by atoms with Gasteiger partial charge >= 0.3 is 0 Å². The minimum absolute atomic E-state index is 0.700. The SMILES string of the molecule is CCc1cccc(NCc2cncn2C2CC2)c1. The molecule has 1 heterocycles. The molecule has 94 valence electrons. The molecule has 1 aliphatic rings. The van der Waals surface area contributed by atoms with Crippen LogP contribution >= 0.6 is 0 Å². The van der Waals surface area contributed by atoms with Crippen LogP contribution in [0.2, 0.25) is 0 Å². The molecule has 1 aliphatic carbocycles. The van der Waals surface area contributed by atoms with Crippen molar-refractivity contribution in [2.75, 3.05) is 5.32 Å². The Kier molecular flexibility index (Phi) is 3.05. The fourth-order valence-corrected chi connectivity index (χ4v) is 2.24. The minimum atomic E-state index is 0.700. The van der Waals surface area contributed by atoms with Crippen LogP contribution in [-0.4, -0.2) is 9.55 Å². The molecule has 1 fully saturated rings. The van der Waals surface area contributed by atoms with Crippen LogP contribution < -0.4 is 5.32 Å². The summed E-state index contributed by atoms with van der Waals surface area (Å²) in [5.41, 5.74) is 3.84. The molecule has 0 saturated heterocycles. The van der Waals surface area contributed by atoms with Gasteiger partial charge in [-0.3, -0.25) is 0 Å². The molecular weight excluding hydrogens is 222 g/mol. The normalized spacial score (nSPS) is 14.7. The molecule has 1 N–H and O–H groups in total. The van der Waals surface area contributed by atoms with Crippen LogP contribution in [0.4, 0.5) is 5.69 Å². The van der Waals surface area contributed by atoms with E-state index in [4.69, 9.17) is 0 Å². The lowest BCUT2D eigenvalue weighted by atomic mass is 10.1. The second-order valence-electron chi connectivity index (χ2n) is 4.93. The molecule has 1 aromatic heterocycles. The number of imidazole rings is 1. The molecule has 3 heteroatoms. The van der Waals surface area contributed by atoms with E-state index in [9.17, 15) is 0 Å². The second kappa shape index (κ2) is 4.84. The van der Waals surface area contributed by atoms with Gasteiger partial charge in [-0.15, -0.1) is 0 Å².